The van der Waals surface area contributed by atoms with Crippen LogP contribution in [0, 0.1) is 13.8 Å². The van der Waals surface area contributed by atoms with Crippen molar-refractivity contribution in [3.63, 3.8) is 0 Å². The summed E-state index contributed by atoms with van der Waals surface area (Å²) in [5, 5.41) is 9.38. The molecule has 0 spiro atoms. The Morgan fingerprint density at radius 1 is 0.897 bits per heavy atom. The van der Waals surface area contributed by atoms with Crippen LogP contribution in [-0.4, -0.2) is 38.0 Å². The lowest BCUT2D eigenvalue weighted by Crippen LogP contribution is -2.24. The van der Waals surface area contributed by atoms with Crippen LogP contribution < -0.4 is 14.4 Å². The second-order valence-corrected chi connectivity index (χ2v) is 7.28. The smallest absolute Gasteiger partial charge is 0.125 e. The van der Waals surface area contributed by atoms with E-state index >= 15 is 0 Å². The number of rotatable bonds is 10. The molecule has 4 nitrogen and oxygen atoms in total. The van der Waals surface area contributed by atoms with Crippen LogP contribution in [0.25, 0.3) is 0 Å². The Hall–Kier alpha value is -2.20. The van der Waals surface area contributed by atoms with Gasteiger partial charge in [0.05, 0.1) is 13.2 Å². The van der Waals surface area contributed by atoms with Crippen LogP contribution in [-0.2, 0) is 0 Å². The molecule has 0 saturated heterocycles. The first-order chi connectivity index (χ1) is 14.0. The predicted molar refractivity (Wildman–Crippen MR) is 123 cm³/mol. The molecule has 0 heterocycles. The van der Waals surface area contributed by atoms with E-state index in [1.165, 1.54) is 18.5 Å². The van der Waals surface area contributed by atoms with Crippen LogP contribution in [0.15, 0.2) is 42.5 Å². The molecule has 1 atom stereocenters. The Labute approximate surface area is 177 Å². The van der Waals surface area contributed by atoms with Gasteiger partial charge in [0.25, 0.3) is 0 Å². The molecule has 0 bridgehead atoms. The fraction of sp³-hybridized carbons (Fsp3) is 0.520. The molecule has 0 aliphatic rings. The van der Waals surface area contributed by atoms with Crippen molar-refractivity contribution in [3.05, 3.63) is 53.6 Å². The van der Waals surface area contributed by atoms with Crippen molar-refractivity contribution in [1.29, 1.82) is 0 Å². The number of aliphatic hydroxyl groups is 1. The van der Waals surface area contributed by atoms with Crippen molar-refractivity contribution in [2.45, 2.75) is 60.0 Å². The van der Waals surface area contributed by atoms with Gasteiger partial charge in [0.2, 0.25) is 0 Å². The Bertz CT molecular complexity index is 659. The molecule has 1 unspecified atom stereocenters. The summed E-state index contributed by atoms with van der Waals surface area (Å²) in [7, 11) is 1.70. The number of nitrogens with zero attached hydrogens (tertiary/aromatic N) is 1. The van der Waals surface area contributed by atoms with Gasteiger partial charge >= 0.3 is 0 Å². The van der Waals surface area contributed by atoms with E-state index in [1.807, 2.05) is 51.1 Å². The SMILES string of the molecule is CCC(O)COc1c(C)cccc1C.CCCN(CCC)c1ccc(OC)cc1. The largest absolute Gasteiger partial charge is 0.497 e. The molecule has 4 heteroatoms. The maximum absolute atomic E-state index is 9.38. The van der Waals surface area contributed by atoms with Gasteiger partial charge in [-0.1, -0.05) is 39.0 Å². The molecule has 0 amide bonds. The summed E-state index contributed by atoms with van der Waals surface area (Å²) >= 11 is 0. The average Bonchev–Trinajstić information content (AvgIpc) is 2.73. The van der Waals surface area contributed by atoms with E-state index in [9.17, 15) is 5.11 Å². The van der Waals surface area contributed by atoms with Gasteiger partial charge in [0.1, 0.15) is 18.1 Å². The number of methoxy groups -OCH3 is 1. The second-order valence-electron chi connectivity index (χ2n) is 7.28. The minimum absolute atomic E-state index is 0.367. The summed E-state index contributed by atoms with van der Waals surface area (Å²) in [6.07, 6.45) is 2.73. The second kappa shape index (κ2) is 13.9. The van der Waals surface area contributed by atoms with Crippen molar-refractivity contribution >= 4 is 5.69 Å². The van der Waals surface area contributed by atoms with Crippen LogP contribution in [0.5, 0.6) is 11.5 Å². The van der Waals surface area contributed by atoms with E-state index in [2.05, 4.69) is 30.9 Å². The fourth-order valence-electron chi connectivity index (χ4n) is 3.03. The van der Waals surface area contributed by atoms with Gasteiger partial charge in [-0.05, 0) is 68.5 Å². The Morgan fingerprint density at radius 3 is 1.90 bits per heavy atom. The number of benzene rings is 2. The number of anilines is 1. The third-order valence-corrected chi connectivity index (χ3v) is 4.72. The summed E-state index contributed by atoms with van der Waals surface area (Å²) in [5.74, 6) is 1.83. The molecule has 2 aromatic carbocycles. The zero-order chi connectivity index (χ0) is 21.6. The molecule has 0 aromatic heterocycles. The van der Waals surface area contributed by atoms with Crippen LogP contribution in [0.4, 0.5) is 5.69 Å². The van der Waals surface area contributed by atoms with E-state index < -0.39 is 0 Å². The Balaban J connectivity index is 0.000000291. The van der Waals surface area contributed by atoms with E-state index in [-0.39, 0.29) is 6.10 Å². The molecular formula is C25H39NO3. The van der Waals surface area contributed by atoms with Gasteiger partial charge in [-0.15, -0.1) is 0 Å². The lowest BCUT2D eigenvalue weighted by molar-refractivity contribution is 0.103. The van der Waals surface area contributed by atoms with Crippen LogP contribution >= 0.6 is 0 Å². The van der Waals surface area contributed by atoms with Crippen molar-refractivity contribution in [2.75, 3.05) is 31.7 Å². The first-order valence-electron chi connectivity index (χ1n) is 10.7. The predicted octanol–water partition coefficient (Wildman–Crippen LogP) is 5.77. The first-order valence-corrected chi connectivity index (χ1v) is 10.7. The van der Waals surface area contributed by atoms with Crippen molar-refractivity contribution in [3.8, 4) is 11.5 Å². The number of para-hydroxylation sites is 1. The maximum Gasteiger partial charge on any atom is 0.125 e. The third kappa shape index (κ3) is 8.78. The first kappa shape index (κ1) is 24.8. The molecule has 0 aliphatic heterocycles. The topological polar surface area (TPSA) is 41.9 Å². The average molecular weight is 402 g/mol. The molecule has 162 valence electrons. The molecule has 0 radical (unpaired) electrons. The highest BCUT2D eigenvalue weighted by Gasteiger charge is 2.06. The highest BCUT2D eigenvalue weighted by atomic mass is 16.5. The van der Waals surface area contributed by atoms with Crippen LogP contribution in [0.2, 0.25) is 0 Å². The van der Waals surface area contributed by atoms with E-state index in [0.717, 1.165) is 42.1 Å². The molecular weight excluding hydrogens is 362 g/mol. The van der Waals surface area contributed by atoms with E-state index in [0.29, 0.717) is 6.61 Å². The van der Waals surface area contributed by atoms with Gasteiger partial charge in [-0.3, -0.25) is 0 Å². The number of aryl methyl sites for hydroxylation is 2. The molecule has 2 rings (SSSR count). The van der Waals surface area contributed by atoms with E-state index in [4.69, 9.17) is 9.47 Å². The molecule has 0 aliphatic carbocycles. The quantitative estimate of drug-likeness (QED) is 0.548. The zero-order valence-corrected chi connectivity index (χ0v) is 19.1. The van der Waals surface area contributed by atoms with Crippen LogP contribution in [0.1, 0.15) is 51.2 Å². The van der Waals surface area contributed by atoms with E-state index in [1.54, 1.807) is 7.11 Å². The summed E-state index contributed by atoms with van der Waals surface area (Å²) < 4.78 is 10.7. The summed E-state index contributed by atoms with van der Waals surface area (Å²) in [4.78, 5) is 2.42. The Kier molecular flexibility index (Phi) is 11.9. The molecule has 1 N–H and O–H groups in total. The van der Waals surface area contributed by atoms with Gasteiger partial charge in [-0.2, -0.15) is 0 Å². The summed E-state index contributed by atoms with van der Waals surface area (Å²) in [6.45, 7) is 13.0. The third-order valence-electron chi connectivity index (χ3n) is 4.72. The number of ether oxygens (including phenoxy) is 2. The minimum atomic E-state index is -0.367. The normalized spacial score (nSPS) is 11.3. The fourth-order valence-corrected chi connectivity index (χ4v) is 3.03. The maximum atomic E-state index is 9.38. The van der Waals surface area contributed by atoms with Crippen molar-refractivity contribution in [2.24, 2.45) is 0 Å². The van der Waals surface area contributed by atoms with Crippen molar-refractivity contribution < 1.29 is 14.6 Å². The molecule has 29 heavy (non-hydrogen) atoms. The number of hydrogen-bond donors (Lipinski definition) is 1. The van der Waals surface area contributed by atoms with Gasteiger partial charge < -0.3 is 19.5 Å². The summed E-state index contributed by atoms with van der Waals surface area (Å²) in [5.41, 5.74) is 3.53. The number of hydrogen-bond acceptors (Lipinski definition) is 4. The monoisotopic (exact) mass is 401 g/mol. The highest BCUT2D eigenvalue weighted by molar-refractivity contribution is 5.49. The molecule has 0 fully saturated rings. The molecule has 2 aromatic rings. The summed E-state index contributed by atoms with van der Waals surface area (Å²) in [6, 6.07) is 14.3. The minimum Gasteiger partial charge on any atom is -0.497 e. The van der Waals surface area contributed by atoms with Gasteiger partial charge in [0.15, 0.2) is 0 Å². The van der Waals surface area contributed by atoms with Gasteiger partial charge in [0, 0.05) is 18.8 Å². The molecule has 0 saturated carbocycles. The van der Waals surface area contributed by atoms with Crippen molar-refractivity contribution in [1.82, 2.24) is 0 Å². The zero-order valence-electron chi connectivity index (χ0n) is 19.1. The lowest BCUT2D eigenvalue weighted by atomic mass is 10.1. The van der Waals surface area contributed by atoms with Gasteiger partial charge in [-0.25, -0.2) is 0 Å². The standard InChI is InChI=1S/C13H21NO.C12H18O2/c1-4-10-14(11-5-2)12-6-8-13(15-3)9-7-12;1-4-11(13)8-14-12-9(2)6-5-7-10(12)3/h6-9H,4-5,10-11H2,1-3H3;5-7,11,13H,4,8H2,1-3H3. The highest BCUT2D eigenvalue weighted by Crippen LogP contribution is 2.22. The van der Waals surface area contributed by atoms with Crippen LogP contribution in [0.3, 0.4) is 0 Å². The number of aliphatic hydroxyl groups excluding tert-OH is 1. The Morgan fingerprint density at radius 2 is 1.45 bits per heavy atom. The lowest BCUT2D eigenvalue weighted by Gasteiger charge is -2.23.